The van der Waals surface area contributed by atoms with Gasteiger partial charge in [-0.15, -0.1) is 0 Å². The van der Waals surface area contributed by atoms with Crippen molar-refractivity contribution in [3.63, 3.8) is 0 Å². The third-order valence-corrected chi connectivity index (χ3v) is 2.89. The molecule has 0 bridgehead atoms. The van der Waals surface area contributed by atoms with Crippen LogP contribution in [0.2, 0.25) is 0 Å². The van der Waals surface area contributed by atoms with Crippen LogP contribution in [0, 0.1) is 0 Å². The molecule has 0 atom stereocenters. The molecule has 3 nitrogen and oxygen atoms in total. The molecule has 146 valence electrons. The van der Waals surface area contributed by atoms with Crippen molar-refractivity contribution >= 4 is 6.16 Å². The molecule has 0 amide bonds. The summed E-state index contributed by atoms with van der Waals surface area (Å²) < 4.78 is 86.5. The Kier molecular flexibility index (Phi) is 6.38. The predicted octanol–water partition coefficient (Wildman–Crippen LogP) is 5.77. The summed E-state index contributed by atoms with van der Waals surface area (Å²) >= 11 is 0. The molecule has 26 heavy (non-hydrogen) atoms. The molecule has 0 aromatic heterocycles. The van der Waals surface area contributed by atoms with Crippen molar-refractivity contribution in [3.05, 3.63) is 47.0 Å². The lowest BCUT2D eigenvalue weighted by Crippen LogP contribution is -2.25. The maximum Gasteiger partial charge on any atom is 0.509 e. The molecule has 0 aliphatic carbocycles. The monoisotopic (exact) mass is 384 g/mol. The number of benzene rings is 1. The fourth-order valence-electron chi connectivity index (χ4n) is 1.90. The first-order valence-electron chi connectivity index (χ1n) is 7.39. The zero-order valence-electron chi connectivity index (χ0n) is 14.3. The molecular weight excluding hydrogens is 366 g/mol. The van der Waals surface area contributed by atoms with Gasteiger partial charge in [-0.05, 0) is 56.5 Å². The molecule has 0 saturated carbocycles. The van der Waals surface area contributed by atoms with E-state index in [-0.39, 0.29) is 23.6 Å². The van der Waals surface area contributed by atoms with E-state index in [1.165, 1.54) is 0 Å². The van der Waals surface area contributed by atoms with E-state index in [0.29, 0.717) is 12.1 Å². The van der Waals surface area contributed by atoms with Crippen molar-refractivity contribution in [1.29, 1.82) is 0 Å². The third kappa shape index (κ3) is 7.37. The number of hydrogen-bond acceptors (Lipinski definition) is 3. The number of rotatable bonds is 4. The fourth-order valence-corrected chi connectivity index (χ4v) is 1.90. The minimum absolute atomic E-state index is 0.0451. The van der Waals surface area contributed by atoms with Crippen molar-refractivity contribution in [2.45, 2.75) is 45.1 Å². The van der Waals surface area contributed by atoms with Crippen LogP contribution in [0.15, 0.2) is 30.4 Å². The Morgan fingerprint density at radius 2 is 1.42 bits per heavy atom. The molecular formula is C17H18F6O3. The molecule has 0 N–H and O–H groups in total. The van der Waals surface area contributed by atoms with Crippen molar-refractivity contribution < 1.29 is 40.6 Å². The van der Waals surface area contributed by atoms with Gasteiger partial charge < -0.3 is 9.47 Å². The summed E-state index contributed by atoms with van der Waals surface area (Å²) in [5.41, 5.74) is -3.76. The van der Waals surface area contributed by atoms with Crippen molar-refractivity contribution in [2.24, 2.45) is 0 Å². The molecule has 0 radical (unpaired) electrons. The average molecular weight is 384 g/mol. The zero-order valence-corrected chi connectivity index (χ0v) is 14.3. The smallest absolute Gasteiger partial charge is 0.430 e. The molecule has 0 saturated heterocycles. The summed E-state index contributed by atoms with van der Waals surface area (Å²) in [7, 11) is 0. The van der Waals surface area contributed by atoms with Gasteiger partial charge in [0, 0.05) is 0 Å². The number of carbonyl (C=O) groups is 1. The summed E-state index contributed by atoms with van der Waals surface area (Å²) in [6.45, 7) is 7.92. The Balaban J connectivity index is 2.88. The highest BCUT2D eigenvalue weighted by atomic mass is 19.4. The normalized spacial score (nSPS) is 12.7. The van der Waals surface area contributed by atoms with E-state index < -0.39 is 41.8 Å². The zero-order chi connectivity index (χ0) is 20.3. The van der Waals surface area contributed by atoms with Gasteiger partial charge in [0.1, 0.15) is 12.2 Å². The second-order valence-electron chi connectivity index (χ2n) is 6.59. The Bertz CT molecular complexity index is 636. The topological polar surface area (TPSA) is 35.5 Å². The largest absolute Gasteiger partial charge is 0.509 e. The van der Waals surface area contributed by atoms with Crippen molar-refractivity contribution in [3.8, 4) is 0 Å². The predicted molar refractivity (Wildman–Crippen MR) is 81.5 cm³/mol. The minimum atomic E-state index is -4.93. The number of ether oxygens (including phenoxy) is 2. The van der Waals surface area contributed by atoms with E-state index in [2.05, 4.69) is 6.58 Å². The summed E-state index contributed by atoms with van der Waals surface area (Å²) in [6.07, 6.45) is -11.2. The van der Waals surface area contributed by atoms with E-state index >= 15 is 0 Å². The second-order valence-corrected chi connectivity index (χ2v) is 6.59. The van der Waals surface area contributed by atoms with Crippen LogP contribution in [0.25, 0.3) is 0 Å². The van der Waals surface area contributed by atoms with Crippen LogP contribution in [0.3, 0.4) is 0 Å². The van der Waals surface area contributed by atoms with Crippen LogP contribution >= 0.6 is 0 Å². The lowest BCUT2D eigenvalue weighted by atomic mass is 10.00. The molecule has 9 heteroatoms. The first kappa shape index (κ1) is 21.9. The summed E-state index contributed by atoms with van der Waals surface area (Å²) in [4.78, 5) is 11.4. The first-order valence-corrected chi connectivity index (χ1v) is 7.39. The fraction of sp³-hybridized carbons (Fsp3) is 0.471. The van der Waals surface area contributed by atoms with Gasteiger partial charge in [-0.25, -0.2) is 4.79 Å². The molecule has 0 aliphatic rings. The molecule has 1 rings (SSSR count). The molecule has 0 spiro atoms. The van der Waals surface area contributed by atoms with Crippen LogP contribution in [-0.2, 0) is 28.2 Å². The highest BCUT2D eigenvalue weighted by molar-refractivity contribution is 5.60. The molecule has 0 aliphatic heterocycles. The summed E-state index contributed by atoms with van der Waals surface area (Å²) in [5.74, 6) is 0. The van der Waals surface area contributed by atoms with Gasteiger partial charge in [-0.3, -0.25) is 0 Å². The number of alkyl halides is 6. The van der Waals surface area contributed by atoms with Gasteiger partial charge in [0.15, 0.2) is 0 Å². The van der Waals surface area contributed by atoms with E-state index in [1.807, 2.05) is 0 Å². The van der Waals surface area contributed by atoms with E-state index in [4.69, 9.17) is 9.47 Å². The lowest BCUT2D eigenvalue weighted by molar-refractivity contribution is -0.143. The molecule has 1 aromatic rings. The average Bonchev–Trinajstić information content (AvgIpc) is 2.41. The third-order valence-electron chi connectivity index (χ3n) is 2.89. The van der Waals surface area contributed by atoms with Gasteiger partial charge in [0.05, 0.1) is 11.1 Å². The Hall–Kier alpha value is -2.19. The highest BCUT2D eigenvalue weighted by Gasteiger charge is 2.36. The van der Waals surface area contributed by atoms with Crippen LogP contribution in [-0.4, -0.2) is 18.4 Å². The van der Waals surface area contributed by atoms with Crippen molar-refractivity contribution in [2.75, 3.05) is 6.61 Å². The van der Waals surface area contributed by atoms with E-state index in [9.17, 15) is 31.1 Å². The Morgan fingerprint density at radius 1 is 0.962 bits per heavy atom. The number of hydrogen-bond donors (Lipinski definition) is 0. The highest BCUT2D eigenvalue weighted by Crippen LogP contribution is 2.36. The summed E-state index contributed by atoms with van der Waals surface area (Å²) in [5, 5.41) is 0. The Morgan fingerprint density at radius 3 is 1.81 bits per heavy atom. The number of halogens is 6. The van der Waals surface area contributed by atoms with Crippen LogP contribution < -0.4 is 0 Å². The van der Waals surface area contributed by atoms with Gasteiger partial charge in [0.2, 0.25) is 0 Å². The van der Waals surface area contributed by atoms with Crippen molar-refractivity contribution in [1.82, 2.24) is 0 Å². The van der Waals surface area contributed by atoms with Crippen LogP contribution in [0.4, 0.5) is 31.1 Å². The maximum absolute atomic E-state index is 12.8. The molecule has 0 heterocycles. The molecule has 1 aromatic carbocycles. The van der Waals surface area contributed by atoms with Gasteiger partial charge in [-0.2, -0.15) is 26.3 Å². The molecule has 0 fully saturated rings. The van der Waals surface area contributed by atoms with Gasteiger partial charge in [0.25, 0.3) is 0 Å². The van der Waals surface area contributed by atoms with Gasteiger partial charge >= 0.3 is 18.5 Å². The van der Waals surface area contributed by atoms with E-state index in [0.717, 1.165) is 0 Å². The Labute approximate surface area is 146 Å². The summed E-state index contributed by atoms with van der Waals surface area (Å²) in [6, 6.07) is 1.26. The molecule has 0 unspecified atom stereocenters. The van der Waals surface area contributed by atoms with Gasteiger partial charge in [-0.1, -0.05) is 6.58 Å². The SMILES string of the molecule is C=C(COC(=O)OC(C)(C)C)Cc1cc(C(F)(F)F)cc(C(F)(F)F)c1. The second kappa shape index (κ2) is 7.59. The standard InChI is InChI=1S/C17H18F6O3/c1-10(9-25-14(24)26-15(2,3)4)5-11-6-12(16(18,19)20)8-13(7-11)17(21,22)23/h6-8H,1,5,9H2,2-4H3. The lowest BCUT2D eigenvalue weighted by Gasteiger charge is -2.19. The minimum Gasteiger partial charge on any atom is -0.430 e. The quantitative estimate of drug-likeness (QED) is 0.375. The van der Waals surface area contributed by atoms with E-state index in [1.54, 1.807) is 20.8 Å². The maximum atomic E-state index is 12.8. The first-order chi connectivity index (χ1) is 11.6. The number of carbonyl (C=O) groups excluding carboxylic acids is 1. The van der Waals surface area contributed by atoms with Crippen LogP contribution in [0.5, 0.6) is 0 Å². The van der Waals surface area contributed by atoms with Crippen LogP contribution in [0.1, 0.15) is 37.5 Å².